The Kier molecular flexibility index (Phi) is 6.88. The van der Waals surface area contributed by atoms with Crippen LogP contribution in [0.4, 0.5) is 0 Å². The summed E-state index contributed by atoms with van der Waals surface area (Å²) in [6.07, 6.45) is 0.508. The van der Waals surface area contributed by atoms with Crippen molar-refractivity contribution in [2.45, 2.75) is 32.8 Å². The fourth-order valence-electron chi connectivity index (χ4n) is 4.64. The van der Waals surface area contributed by atoms with Crippen LogP contribution < -0.4 is 10.1 Å². The largest absolute Gasteiger partial charge is 0.497 e. The van der Waals surface area contributed by atoms with E-state index in [2.05, 4.69) is 5.32 Å². The summed E-state index contributed by atoms with van der Waals surface area (Å²) in [5, 5.41) is 5.17. The van der Waals surface area contributed by atoms with Crippen LogP contribution >= 0.6 is 11.3 Å². The summed E-state index contributed by atoms with van der Waals surface area (Å²) in [5.41, 5.74) is 3.03. The van der Waals surface area contributed by atoms with Crippen LogP contribution in [-0.4, -0.2) is 31.9 Å². The lowest BCUT2D eigenvalue weighted by Crippen LogP contribution is -2.43. The Morgan fingerprint density at radius 1 is 1.15 bits per heavy atom. The van der Waals surface area contributed by atoms with E-state index in [-0.39, 0.29) is 18.3 Å². The molecule has 0 saturated heterocycles. The standard InChI is InChI=1S/C26H27NO6S/c1-14-12-18-22(24(28)20(14)25(29)32-4)23(19-6-5-11-34-19)21(15(2)27-18)26(30)33-13-16-7-9-17(31-3)10-8-16/h5-11,14,20,23,27H,12-13H2,1-4H3/t14-,20-,23+/m1/s1. The van der Waals surface area contributed by atoms with Crippen molar-refractivity contribution >= 4 is 29.1 Å². The highest BCUT2D eigenvalue weighted by atomic mass is 32.1. The van der Waals surface area contributed by atoms with Gasteiger partial charge in [-0.3, -0.25) is 9.59 Å². The molecule has 2 aromatic rings. The molecule has 1 aliphatic carbocycles. The molecule has 7 nitrogen and oxygen atoms in total. The van der Waals surface area contributed by atoms with Crippen molar-refractivity contribution in [1.29, 1.82) is 0 Å². The lowest BCUT2D eigenvalue weighted by atomic mass is 9.70. The maximum Gasteiger partial charge on any atom is 0.337 e. The van der Waals surface area contributed by atoms with Gasteiger partial charge in [0.15, 0.2) is 5.78 Å². The van der Waals surface area contributed by atoms with Crippen molar-refractivity contribution in [2.75, 3.05) is 14.2 Å². The summed E-state index contributed by atoms with van der Waals surface area (Å²) in [6.45, 7) is 3.76. The fourth-order valence-corrected chi connectivity index (χ4v) is 5.48. The molecule has 3 atom stereocenters. The monoisotopic (exact) mass is 481 g/mol. The molecule has 1 aromatic carbocycles. The highest BCUT2D eigenvalue weighted by molar-refractivity contribution is 7.10. The van der Waals surface area contributed by atoms with Crippen molar-refractivity contribution in [2.24, 2.45) is 11.8 Å². The Morgan fingerprint density at radius 3 is 2.50 bits per heavy atom. The van der Waals surface area contributed by atoms with Gasteiger partial charge in [0, 0.05) is 21.8 Å². The van der Waals surface area contributed by atoms with E-state index in [9.17, 15) is 14.4 Å². The van der Waals surface area contributed by atoms with Crippen LogP contribution in [0, 0.1) is 11.8 Å². The number of esters is 2. The zero-order valence-corrected chi connectivity index (χ0v) is 20.4. The van der Waals surface area contributed by atoms with E-state index in [4.69, 9.17) is 14.2 Å². The van der Waals surface area contributed by atoms with Gasteiger partial charge < -0.3 is 19.5 Å². The number of thiophene rings is 1. The molecule has 1 N–H and O–H groups in total. The van der Waals surface area contributed by atoms with Gasteiger partial charge in [0.25, 0.3) is 0 Å². The molecule has 178 valence electrons. The first-order valence-electron chi connectivity index (χ1n) is 11.0. The Balaban J connectivity index is 1.67. The second-order valence-corrected chi connectivity index (χ2v) is 9.45. The van der Waals surface area contributed by atoms with Crippen LogP contribution in [0.2, 0.25) is 0 Å². The minimum absolute atomic E-state index is 0.0818. The molecule has 2 aliphatic rings. The predicted molar refractivity (Wildman–Crippen MR) is 127 cm³/mol. The van der Waals surface area contributed by atoms with Crippen LogP contribution in [0.1, 0.15) is 36.6 Å². The smallest absolute Gasteiger partial charge is 0.337 e. The average Bonchev–Trinajstić information content (AvgIpc) is 3.36. The van der Waals surface area contributed by atoms with Crippen LogP contribution in [0.5, 0.6) is 5.75 Å². The molecule has 2 heterocycles. The van der Waals surface area contributed by atoms with Crippen LogP contribution in [0.15, 0.2) is 64.3 Å². The van der Waals surface area contributed by atoms with E-state index < -0.39 is 23.8 Å². The topological polar surface area (TPSA) is 90.9 Å². The summed E-state index contributed by atoms with van der Waals surface area (Å²) in [7, 11) is 2.88. The number of benzene rings is 1. The molecular weight excluding hydrogens is 454 g/mol. The van der Waals surface area contributed by atoms with Crippen molar-refractivity contribution in [3.05, 3.63) is 74.8 Å². The molecular formula is C26H27NO6S. The number of carbonyl (C=O) groups is 3. The summed E-state index contributed by atoms with van der Waals surface area (Å²) in [4.78, 5) is 40.3. The third-order valence-electron chi connectivity index (χ3n) is 6.32. The number of dihydropyridines is 1. The molecule has 4 rings (SSSR count). The number of allylic oxidation sites excluding steroid dienone is 3. The van der Waals surface area contributed by atoms with Gasteiger partial charge in [-0.25, -0.2) is 4.79 Å². The minimum atomic E-state index is -0.900. The number of carbonyl (C=O) groups excluding carboxylic acids is 3. The second-order valence-electron chi connectivity index (χ2n) is 8.48. The molecule has 0 amide bonds. The quantitative estimate of drug-likeness (QED) is 0.490. The summed E-state index contributed by atoms with van der Waals surface area (Å²) in [6, 6.07) is 11.0. The Morgan fingerprint density at radius 2 is 1.88 bits per heavy atom. The van der Waals surface area contributed by atoms with Crippen LogP contribution in [0.25, 0.3) is 0 Å². The SMILES string of the molecule is COC(=O)[C@H]1C(=O)C2=C(C[C@H]1C)NC(C)=C(C(=O)OCc1ccc(OC)cc1)[C@@H]2c1cccs1. The Labute approximate surface area is 202 Å². The highest BCUT2D eigenvalue weighted by Crippen LogP contribution is 2.46. The Hall–Kier alpha value is -3.39. The number of Topliss-reactive ketones (excluding diaryl/α,β-unsaturated/α-hetero) is 1. The first kappa shape index (κ1) is 23.8. The van der Waals surface area contributed by atoms with Gasteiger partial charge in [-0.15, -0.1) is 11.3 Å². The average molecular weight is 482 g/mol. The first-order chi connectivity index (χ1) is 16.3. The zero-order chi connectivity index (χ0) is 24.4. The Bertz CT molecular complexity index is 1160. The number of hydrogen-bond donors (Lipinski definition) is 1. The van der Waals surface area contributed by atoms with E-state index in [0.29, 0.717) is 29.0 Å². The maximum atomic E-state index is 13.6. The number of nitrogens with one attached hydrogen (secondary N) is 1. The number of rotatable bonds is 6. The van der Waals surface area contributed by atoms with Crippen molar-refractivity contribution < 1.29 is 28.6 Å². The third-order valence-corrected chi connectivity index (χ3v) is 7.26. The van der Waals surface area contributed by atoms with Crippen molar-refractivity contribution in [1.82, 2.24) is 5.32 Å². The number of ether oxygens (including phenoxy) is 3. The van der Waals surface area contributed by atoms with Crippen LogP contribution in [0.3, 0.4) is 0 Å². The summed E-state index contributed by atoms with van der Waals surface area (Å²) < 4.78 is 15.8. The molecule has 0 bridgehead atoms. The van der Waals surface area contributed by atoms with E-state index >= 15 is 0 Å². The third kappa shape index (κ3) is 4.37. The normalized spacial score (nSPS) is 22.1. The summed E-state index contributed by atoms with van der Waals surface area (Å²) in [5.74, 6) is -2.37. The number of ketones is 1. The fraction of sp³-hybridized carbons (Fsp3) is 0.346. The molecule has 0 spiro atoms. The molecule has 1 aliphatic heterocycles. The van der Waals surface area contributed by atoms with E-state index in [1.165, 1.54) is 18.4 Å². The van der Waals surface area contributed by atoms with Gasteiger partial charge >= 0.3 is 11.9 Å². The maximum absolute atomic E-state index is 13.6. The van der Waals surface area contributed by atoms with E-state index in [0.717, 1.165) is 16.1 Å². The van der Waals surface area contributed by atoms with Crippen LogP contribution in [-0.2, 0) is 30.5 Å². The van der Waals surface area contributed by atoms with Gasteiger partial charge in [-0.1, -0.05) is 25.1 Å². The lowest BCUT2D eigenvalue weighted by molar-refractivity contribution is -0.151. The molecule has 0 fully saturated rings. The molecule has 0 saturated carbocycles. The molecule has 34 heavy (non-hydrogen) atoms. The number of hydrogen-bond acceptors (Lipinski definition) is 8. The number of methoxy groups -OCH3 is 2. The van der Waals surface area contributed by atoms with Gasteiger partial charge in [0.05, 0.1) is 25.7 Å². The van der Waals surface area contributed by atoms with Gasteiger partial charge in [0.2, 0.25) is 0 Å². The van der Waals surface area contributed by atoms with Gasteiger partial charge in [-0.2, -0.15) is 0 Å². The minimum Gasteiger partial charge on any atom is -0.497 e. The first-order valence-corrected chi connectivity index (χ1v) is 11.9. The molecule has 0 radical (unpaired) electrons. The lowest BCUT2D eigenvalue weighted by Gasteiger charge is -2.37. The van der Waals surface area contributed by atoms with Crippen molar-refractivity contribution in [3.8, 4) is 5.75 Å². The molecule has 0 unspecified atom stereocenters. The van der Waals surface area contributed by atoms with E-state index in [1.54, 1.807) is 19.2 Å². The van der Waals surface area contributed by atoms with Gasteiger partial charge in [-0.05, 0) is 48.4 Å². The van der Waals surface area contributed by atoms with E-state index in [1.807, 2.05) is 43.5 Å². The van der Waals surface area contributed by atoms with Crippen molar-refractivity contribution in [3.63, 3.8) is 0 Å². The summed E-state index contributed by atoms with van der Waals surface area (Å²) >= 11 is 1.46. The zero-order valence-electron chi connectivity index (χ0n) is 19.5. The molecule has 1 aromatic heterocycles. The predicted octanol–water partition coefficient (Wildman–Crippen LogP) is 4.11. The second kappa shape index (κ2) is 9.85. The molecule has 8 heteroatoms. The highest BCUT2D eigenvalue weighted by Gasteiger charge is 2.47. The van der Waals surface area contributed by atoms with Gasteiger partial charge in [0.1, 0.15) is 18.3 Å².